The third-order valence-electron chi connectivity index (χ3n) is 2.24. The zero-order valence-electron chi connectivity index (χ0n) is 9.29. The predicted octanol–water partition coefficient (Wildman–Crippen LogP) is 1.30. The lowest BCUT2D eigenvalue weighted by Crippen LogP contribution is -2.22. The van der Waals surface area contributed by atoms with E-state index in [0.29, 0.717) is 5.56 Å². The maximum atomic E-state index is 11.5. The smallest absolute Gasteiger partial charge is 0.354 e. The molecule has 2 aromatic rings. The van der Waals surface area contributed by atoms with E-state index in [1.54, 1.807) is 18.2 Å². The summed E-state index contributed by atoms with van der Waals surface area (Å²) in [6.45, 7) is 0.256. The average molecular weight is 246 g/mol. The van der Waals surface area contributed by atoms with Crippen LogP contribution >= 0.6 is 0 Å². The fourth-order valence-corrected chi connectivity index (χ4v) is 1.33. The van der Waals surface area contributed by atoms with Crippen LogP contribution < -0.4 is 5.32 Å². The van der Waals surface area contributed by atoms with E-state index in [4.69, 9.17) is 9.52 Å². The third kappa shape index (κ3) is 2.73. The summed E-state index contributed by atoms with van der Waals surface area (Å²) in [7, 11) is 0. The fraction of sp³-hybridized carbons (Fsp3) is 0.0833. The Hall–Kier alpha value is -2.63. The van der Waals surface area contributed by atoms with E-state index in [-0.39, 0.29) is 23.9 Å². The molecule has 0 saturated carbocycles. The van der Waals surface area contributed by atoms with Crippen LogP contribution in [-0.2, 0) is 6.54 Å². The van der Waals surface area contributed by atoms with Crippen LogP contribution in [-0.4, -0.2) is 22.0 Å². The van der Waals surface area contributed by atoms with Gasteiger partial charge in [0.25, 0.3) is 5.91 Å². The lowest BCUT2D eigenvalue weighted by Gasteiger charge is -2.03. The first kappa shape index (κ1) is 11.8. The van der Waals surface area contributed by atoms with Crippen LogP contribution in [0.15, 0.2) is 41.1 Å². The van der Waals surface area contributed by atoms with E-state index in [1.165, 1.54) is 18.5 Å². The number of carboxylic acids is 1. The lowest BCUT2D eigenvalue weighted by molar-refractivity contribution is 0.0690. The van der Waals surface area contributed by atoms with Crippen molar-refractivity contribution in [3.63, 3.8) is 0 Å². The van der Waals surface area contributed by atoms with Crippen LogP contribution in [0.4, 0.5) is 0 Å². The van der Waals surface area contributed by atoms with Gasteiger partial charge >= 0.3 is 5.97 Å². The van der Waals surface area contributed by atoms with Gasteiger partial charge in [-0.3, -0.25) is 4.79 Å². The molecule has 2 N–H and O–H groups in total. The molecule has 0 fully saturated rings. The average Bonchev–Trinajstić information content (AvgIpc) is 2.90. The minimum Gasteiger partial charge on any atom is -0.477 e. The normalized spacial score (nSPS) is 10.0. The number of nitrogens with one attached hydrogen (secondary N) is 1. The standard InChI is InChI=1S/C12H10N2O4/c15-11(10-2-1-5-18-10)14-7-8-3-4-9(12(16)17)13-6-8/h1-6H,7H2,(H,14,15)(H,16,17). The van der Waals surface area contributed by atoms with Crippen LogP contribution in [0.2, 0.25) is 0 Å². The van der Waals surface area contributed by atoms with Crippen LogP contribution in [0.25, 0.3) is 0 Å². The molecule has 0 saturated heterocycles. The number of nitrogens with zero attached hydrogens (tertiary/aromatic N) is 1. The van der Waals surface area contributed by atoms with Crippen LogP contribution in [0.3, 0.4) is 0 Å². The Morgan fingerprint density at radius 1 is 1.33 bits per heavy atom. The third-order valence-corrected chi connectivity index (χ3v) is 2.24. The molecule has 18 heavy (non-hydrogen) atoms. The Morgan fingerprint density at radius 2 is 2.17 bits per heavy atom. The number of rotatable bonds is 4. The van der Waals surface area contributed by atoms with Gasteiger partial charge in [0.05, 0.1) is 6.26 Å². The number of amides is 1. The van der Waals surface area contributed by atoms with Gasteiger partial charge in [-0.15, -0.1) is 0 Å². The van der Waals surface area contributed by atoms with Crippen molar-refractivity contribution in [2.45, 2.75) is 6.54 Å². The molecule has 0 unspecified atom stereocenters. The highest BCUT2D eigenvalue weighted by molar-refractivity contribution is 5.91. The molecule has 2 rings (SSSR count). The zero-order chi connectivity index (χ0) is 13.0. The molecule has 2 aromatic heterocycles. The molecule has 0 radical (unpaired) electrons. The van der Waals surface area contributed by atoms with Gasteiger partial charge in [-0.25, -0.2) is 9.78 Å². The van der Waals surface area contributed by atoms with E-state index in [2.05, 4.69) is 10.3 Å². The maximum absolute atomic E-state index is 11.5. The van der Waals surface area contributed by atoms with Crippen molar-refractivity contribution in [2.75, 3.05) is 0 Å². The number of hydrogen-bond donors (Lipinski definition) is 2. The molecule has 1 amide bonds. The van der Waals surface area contributed by atoms with Gasteiger partial charge < -0.3 is 14.8 Å². The molecule has 92 valence electrons. The number of aromatic carboxylic acids is 1. The highest BCUT2D eigenvalue weighted by atomic mass is 16.4. The van der Waals surface area contributed by atoms with Gasteiger partial charge in [0, 0.05) is 12.7 Å². The van der Waals surface area contributed by atoms with Crippen molar-refractivity contribution in [2.24, 2.45) is 0 Å². The van der Waals surface area contributed by atoms with Crippen molar-refractivity contribution >= 4 is 11.9 Å². The number of carbonyl (C=O) groups excluding carboxylic acids is 1. The maximum Gasteiger partial charge on any atom is 0.354 e. The van der Waals surface area contributed by atoms with E-state index in [0.717, 1.165) is 0 Å². The van der Waals surface area contributed by atoms with Gasteiger partial charge in [-0.1, -0.05) is 6.07 Å². The van der Waals surface area contributed by atoms with Crippen molar-refractivity contribution in [1.29, 1.82) is 0 Å². The highest BCUT2D eigenvalue weighted by Gasteiger charge is 2.08. The van der Waals surface area contributed by atoms with E-state index in [1.807, 2.05) is 0 Å². The number of pyridine rings is 1. The lowest BCUT2D eigenvalue weighted by atomic mass is 10.2. The monoisotopic (exact) mass is 246 g/mol. The molecule has 6 nitrogen and oxygen atoms in total. The quantitative estimate of drug-likeness (QED) is 0.848. The fourth-order valence-electron chi connectivity index (χ4n) is 1.33. The summed E-state index contributed by atoms with van der Waals surface area (Å²) in [5.41, 5.74) is 0.677. The Morgan fingerprint density at radius 3 is 2.72 bits per heavy atom. The molecule has 6 heteroatoms. The second-order valence-electron chi connectivity index (χ2n) is 3.52. The number of carboxylic acid groups (broad SMARTS) is 1. The Balaban J connectivity index is 1.94. The highest BCUT2D eigenvalue weighted by Crippen LogP contribution is 2.02. The second kappa shape index (κ2) is 5.13. The van der Waals surface area contributed by atoms with Crippen molar-refractivity contribution < 1.29 is 19.1 Å². The SMILES string of the molecule is O=C(O)c1ccc(CNC(=O)c2ccco2)cn1. The van der Waals surface area contributed by atoms with Gasteiger partial charge in [0.2, 0.25) is 0 Å². The summed E-state index contributed by atoms with van der Waals surface area (Å²) in [6, 6.07) is 6.16. The summed E-state index contributed by atoms with van der Waals surface area (Å²) >= 11 is 0. The first-order chi connectivity index (χ1) is 8.66. The first-order valence-corrected chi connectivity index (χ1v) is 5.17. The van der Waals surface area contributed by atoms with E-state index in [9.17, 15) is 9.59 Å². The van der Waals surface area contributed by atoms with Gasteiger partial charge in [0.15, 0.2) is 5.76 Å². The van der Waals surface area contributed by atoms with E-state index >= 15 is 0 Å². The molecule has 0 aliphatic carbocycles. The van der Waals surface area contributed by atoms with Gasteiger partial charge in [-0.05, 0) is 23.8 Å². The molecular formula is C12H10N2O4. The summed E-state index contributed by atoms with van der Waals surface area (Å²) in [5, 5.41) is 11.3. The molecule has 0 spiro atoms. The Kier molecular flexibility index (Phi) is 3.38. The number of hydrogen-bond acceptors (Lipinski definition) is 4. The summed E-state index contributed by atoms with van der Waals surface area (Å²) < 4.78 is 4.93. The molecule has 0 atom stereocenters. The van der Waals surface area contributed by atoms with Gasteiger partial charge in [0.1, 0.15) is 5.69 Å². The second-order valence-corrected chi connectivity index (χ2v) is 3.52. The van der Waals surface area contributed by atoms with Crippen LogP contribution in [0, 0.1) is 0 Å². The minimum atomic E-state index is -1.08. The van der Waals surface area contributed by atoms with Crippen LogP contribution in [0.1, 0.15) is 26.6 Å². The Labute approximate surface area is 102 Å². The minimum absolute atomic E-state index is 0.0314. The number of carbonyl (C=O) groups is 2. The van der Waals surface area contributed by atoms with E-state index < -0.39 is 5.97 Å². The van der Waals surface area contributed by atoms with Gasteiger partial charge in [-0.2, -0.15) is 0 Å². The molecular weight excluding hydrogens is 236 g/mol. The predicted molar refractivity (Wildman–Crippen MR) is 61.1 cm³/mol. The summed E-state index contributed by atoms with van der Waals surface area (Å²) in [5.74, 6) is -1.19. The summed E-state index contributed by atoms with van der Waals surface area (Å²) in [4.78, 5) is 25.9. The number of furan rings is 1. The molecule has 0 aliphatic heterocycles. The van der Waals surface area contributed by atoms with Crippen LogP contribution in [0.5, 0.6) is 0 Å². The number of aromatic nitrogens is 1. The topological polar surface area (TPSA) is 92.4 Å². The molecule has 0 aromatic carbocycles. The molecule has 0 bridgehead atoms. The van der Waals surface area contributed by atoms with Crippen molar-refractivity contribution in [1.82, 2.24) is 10.3 Å². The molecule has 0 aliphatic rings. The Bertz CT molecular complexity index is 546. The zero-order valence-corrected chi connectivity index (χ0v) is 9.29. The molecule has 2 heterocycles. The van der Waals surface area contributed by atoms with Crippen molar-refractivity contribution in [3.05, 3.63) is 53.7 Å². The largest absolute Gasteiger partial charge is 0.477 e. The summed E-state index contributed by atoms with van der Waals surface area (Å²) in [6.07, 6.45) is 2.82. The van der Waals surface area contributed by atoms with Crippen molar-refractivity contribution in [3.8, 4) is 0 Å². The first-order valence-electron chi connectivity index (χ1n) is 5.17.